The Morgan fingerprint density at radius 3 is 2.38 bits per heavy atom. The van der Waals surface area contributed by atoms with Gasteiger partial charge in [-0.05, 0) is 12.8 Å². The van der Waals surface area contributed by atoms with Crippen molar-refractivity contribution in [3.05, 3.63) is 0 Å². The molecule has 13 heavy (non-hydrogen) atoms. The average Bonchev–Trinajstić information content (AvgIpc) is 2.04. The van der Waals surface area contributed by atoms with Crippen molar-refractivity contribution in [2.75, 3.05) is 12.4 Å². The Balaban J connectivity index is 2.11. The quantitative estimate of drug-likeness (QED) is 0.706. The fourth-order valence-electron chi connectivity index (χ4n) is 1.55. The molecule has 0 radical (unpaired) electrons. The second kappa shape index (κ2) is 4.93. The molecule has 0 aromatic rings. The van der Waals surface area contributed by atoms with Crippen molar-refractivity contribution in [3.63, 3.8) is 0 Å². The Morgan fingerprint density at radius 2 is 1.85 bits per heavy atom. The van der Waals surface area contributed by atoms with Crippen LogP contribution in [0.1, 0.15) is 32.1 Å². The third-order valence-corrected chi connectivity index (χ3v) is 2.93. The number of hydrogen-bond acceptors (Lipinski definition) is 3. The van der Waals surface area contributed by atoms with E-state index in [1.807, 2.05) is 0 Å². The molecule has 0 aromatic heterocycles. The van der Waals surface area contributed by atoms with Gasteiger partial charge in [-0.15, -0.1) is 0 Å². The molecule has 1 rings (SSSR count). The van der Waals surface area contributed by atoms with Crippen LogP contribution < -0.4 is 0 Å². The first-order chi connectivity index (χ1) is 6.08. The van der Waals surface area contributed by atoms with Gasteiger partial charge in [0.1, 0.15) is 0 Å². The van der Waals surface area contributed by atoms with E-state index in [1.165, 1.54) is 6.42 Å². The van der Waals surface area contributed by atoms with Gasteiger partial charge >= 0.3 is 0 Å². The van der Waals surface area contributed by atoms with Crippen molar-refractivity contribution < 1.29 is 17.7 Å². The Morgan fingerprint density at radius 1 is 1.23 bits per heavy atom. The van der Waals surface area contributed by atoms with Crippen LogP contribution in [0.4, 0.5) is 0 Å². The zero-order valence-electron chi connectivity index (χ0n) is 7.61. The second-order valence-corrected chi connectivity index (χ2v) is 4.99. The molecular formula is C8H16O4S. The maximum absolute atomic E-state index is 10.3. The molecule has 1 fully saturated rings. The van der Waals surface area contributed by atoms with Crippen molar-refractivity contribution in [1.82, 2.24) is 0 Å². The van der Waals surface area contributed by atoms with Gasteiger partial charge in [-0.2, -0.15) is 8.42 Å². The van der Waals surface area contributed by atoms with E-state index >= 15 is 0 Å². The molecule has 78 valence electrons. The molecular weight excluding hydrogens is 192 g/mol. The molecule has 1 N–H and O–H groups in total. The normalized spacial score (nSPS) is 20.4. The molecule has 4 nitrogen and oxygen atoms in total. The molecule has 5 heteroatoms. The van der Waals surface area contributed by atoms with Crippen molar-refractivity contribution >= 4 is 10.1 Å². The SMILES string of the molecule is O=S(=O)(O)CCOC1CCCCC1. The maximum Gasteiger partial charge on any atom is 0.267 e. The van der Waals surface area contributed by atoms with Crippen LogP contribution >= 0.6 is 0 Å². The summed E-state index contributed by atoms with van der Waals surface area (Å²) >= 11 is 0. The summed E-state index contributed by atoms with van der Waals surface area (Å²) in [6, 6.07) is 0. The van der Waals surface area contributed by atoms with Gasteiger partial charge in [0.25, 0.3) is 10.1 Å². The first kappa shape index (κ1) is 10.9. The number of hydrogen-bond donors (Lipinski definition) is 1. The molecule has 0 heterocycles. The first-order valence-corrected chi connectivity index (χ1v) is 6.25. The van der Waals surface area contributed by atoms with E-state index in [-0.39, 0.29) is 18.5 Å². The maximum atomic E-state index is 10.3. The predicted molar refractivity (Wildman–Crippen MR) is 49.2 cm³/mol. The summed E-state index contributed by atoms with van der Waals surface area (Å²) in [6.45, 7) is 0.115. The third kappa shape index (κ3) is 5.23. The first-order valence-electron chi connectivity index (χ1n) is 4.65. The van der Waals surface area contributed by atoms with Crippen LogP contribution in [0.25, 0.3) is 0 Å². The Kier molecular flexibility index (Phi) is 4.15. The van der Waals surface area contributed by atoms with Crippen LogP contribution in [0.2, 0.25) is 0 Å². The highest BCUT2D eigenvalue weighted by Crippen LogP contribution is 2.19. The molecule has 0 atom stereocenters. The minimum atomic E-state index is -3.85. The van der Waals surface area contributed by atoms with Gasteiger partial charge in [0, 0.05) is 0 Å². The van der Waals surface area contributed by atoms with E-state index in [1.54, 1.807) is 0 Å². The molecule has 1 saturated carbocycles. The van der Waals surface area contributed by atoms with Gasteiger partial charge < -0.3 is 4.74 Å². The number of rotatable bonds is 4. The highest BCUT2D eigenvalue weighted by molar-refractivity contribution is 7.85. The van der Waals surface area contributed by atoms with Gasteiger partial charge in [-0.3, -0.25) is 4.55 Å². The van der Waals surface area contributed by atoms with Crippen molar-refractivity contribution in [2.45, 2.75) is 38.2 Å². The molecule has 0 saturated heterocycles. The van der Waals surface area contributed by atoms with E-state index in [0.29, 0.717) is 0 Å². The summed E-state index contributed by atoms with van der Waals surface area (Å²) in [7, 11) is -3.85. The van der Waals surface area contributed by atoms with Gasteiger partial charge in [0.05, 0.1) is 18.5 Å². The average molecular weight is 208 g/mol. The van der Waals surface area contributed by atoms with E-state index < -0.39 is 10.1 Å². The Hall–Kier alpha value is -0.130. The minimum Gasteiger partial charge on any atom is -0.377 e. The molecule has 0 bridgehead atoms. The van der Waals surface area contributed by atoms with Crippen LogP contribution in [-0.4, -0.2) is 31.4 Å². The summed E-state index contributed by atoms with van der Waals surface area (Å²) < 4.78 is 34.5. The van der Waals surface area contributed by atoms with Crippen molar-refractivity contribution in [2.24, 2.45) is 0 Å². The molecule has 0 aromatic carbocycles. The standard InChI is InChI=1S/C8H16O4S/c9-13(10,11)7-6-12-8-4-2-1-3-5-8/h8H,1-7H2,(H,9,10,11). The molecule has 0 amide bonds. The van der Waals surface area contributed by atoms with E-state index in [2.05, 4.69) is 0 Å². The Labute approximate surface area is 79.0 Å². The lowest BCUT2D eigenvalue weighted by Gasteiger charge is -2.21. The lowest BCUT2D eigenvalue weighted by Crippen LogP contribution is -2.20. The molecule has 0 aliphatic heterocycles. The summed E-state index contributed by atoms with van der Waals surface area (Å²) in [5.74, 6) is -0.288. The van der Waals surface area contributed by atoms with Crippen LogP contribution in [0, 0.1) is 0 Å². The zero-order valence-corrected chi connectivity index (χ0v) is 8.42. The highest BCUT2D eigenvalue weighted by Gasteiger charge is 2.14. The topological polar surface area (TPSA) is 63.6 Å². The van der Waals surface area contributed by atoms with Crippen LogP contribution in [0.3, 0.4) is 0 Å². The fraction of sp³-hybridized carbons (Fsp3) is 1.00. The summed E-state index contributed by atoms with van der Waals surface area (Å²) in [5, 5.41) is 0. The summed E-state index contributed by atoms with van der Waals surface area (Å²) in [4.78, 5) is 0. The molecule has 1 aliphatic rings. The number of ether oxygens (including phenoxy) is 1. The lowest BCUT2D eigenvalue weighted by atomic mass is 9.98. The van der Waals surface area contributed by atoms with E-state index in [0.717, 1.165) is 25.7 Å². The monoisotopic (exact) mass is 208 g/mol. The minimum absolute atomic E-state index is 0.115. The van der Waals surface area contributed by atoms with Gasteiger partial charge in [0.2, 0.25) is 0 Å². The largest absolute Gasteiger partial charge is 0.377 e. The van der Waals surface area contributed by atoms with E-state index in [4.69, 9.17) is 9.29 Å². The summed E-state index contributed by atoms with van der Waals surface area (Å²) in [6.07, 6.45) is 5.82. The van der Waals surface area contributed by atoms with Crippen molar-refractivity contribution in [1.29, 1.82) is 0 Å². The van der Waals surface area contributed by atoms with Crippen LogP contribution in [0.15, 0.2) is 0 Å². The molecule has 0 spiro atoms. The fourth-order valence-corrected chi connectivity index (χ4v) is 1.86. The Bertz CT molecular complexity index is 229. The van der Waals surface area contributed by atoms with Crippen LogP contribution in [0.5, 0.6) is 0 Å². The van der Waals surface area contributed by atoms with Crippen molar-refractivity contribution in [3.8, 4) is 0 Å². The van der Waals surface area contributed by atoms with Gasteiger partial charge in [-0.25, -0.2) is 0 Å². The second-order valence-electron chi connectivity index (χ2n) is 3.42. The predicted octanol–water partition coefficient (Wildman–Crippen LogP) is 1.22. The van der Waals surface area contributed by atoms with E-state index in [9.17, 15) is 8.42 Å². The highest BCUT2D eigenvalue weighted by atomic mass is 32.2. The third-order valence-electron chi connectivity index (χ3n) is 2.25. The summed E-state index contributed by atoms with van der Waals surface area (Å²) in [5.41, 5.74) is 0. The molecule has 0 unspecified atom stereocenters. The van der Waals surface area contributed by atoms with Gasteiger partial charge in [0.15, 0.2) is 0 Å². The lowest BCUT2D eigenvalue weighted by molar-refractivity contribution is 0.0375. The van der Waals surface area contributed by atoms with Crippen LogP contribution in [-0.2, 0) is 14.9 Å². The van der Waals surface area contributed by atoms with Gasteiger partial charge in [-0.1, -0.05) is 19.3 Å². The zero-order chi connectivity index (χ0) is 9.73. The smallest absolute Gasteiger partial charge is 0.267 e. The molecule has 1 aliphatic carbocycles.